The first-order valence-corrected chi connectivity index (χ1v) is 6.11. The highest BCUT2D eigenvalue weighted by Crippen LogP contribution is 2.21. The molecule has 4 heteroatoms. The van der Waals surface area contributed by atoms with Crippen LogP contribution in [0.3, 0.4) is 0 Å². The van der Waals surface area contributed by atoms with E-state index in [1.165, 1.54) is 0 Å². The topological polar surface area (TPSA) is 65.9 Å². The Morgan fingerprint density at radius 3 is 2.84 bits per heavy atom. The molecule has 0 saturated carbocycles. The standard InChI is InChI=1S/C15H16N4/c1-19(9-7-14-4-2-3-8-18-14)15-6-5-13(17)10-12(15)11-16/h2-6,8,10H,7,9,17H2,1H3. The third-order valence-electron chi connectivity index (χ3n) is 2.98. The van der Waals surface area contributed by atoms with Crippen molar-refractivity contribution in [2.45, 2.75) is 6.42 Å². The summed E-state index contributed by atoms with van der Waals surface area (Å²) in [6.45, 7) is 0.801. The van der Waals surface area contributed by atoms with E-state index in [-0.39, 0.29) is 0 Å². The molecule has 2 rings (SSSR count). The number of hydrogen-bond acceptors (Lipinski definition) is 4. The summed E-state index contributed by atoms with van der Waals surface area (Å²) in [4.78, 5) is 6.34. The Balaban J connectivity index is 2.08. The van der Waals surface area contributed by atoms with E-state index in [9.17, 15) is 0 Å². The van der Waals surface area contributed by atoms with Gasteiger partial charge in [0, 0.05) is 37.6 Å². The first-order valence-electron chi connectivity index (χ1n) is 6.11. The number of rotatable bonds is 4. The van der Waals surface area contributed by atoms with Crippen LogP contribution in [0.5, 0.6) is 0 Å². The molecule has 0 aliphatic rings. The van der Waals surface area contributed by atoms with Gasteiger partial charge in [0.25, 0.3) is 0 Å². The van der Waals surface area contributed by atoms with Gasteiger partial charge in [0.2, 0.25) is 0 Å². The van der Waals surface area contributed by atoms with Crippen LogP contribution in [0.4, 0.5) is 11.4 Å². The van der Waals surface area contributed by atoms with Crippen LogP contribution in [0.1, 0.15) is 11.3 Å². The van der Waals surface area contributed by atoms with Gasteiger partial charge in [-0.05, 0) is 30.3 Å². The van der Waals surface area contributed by atoms with E-state index in [2.05, 4.69) is 11.1 Å². The smallest absolute Gasteiger partial charge is 0.101 e. The molecular formula is C15H16N4. The van der Waals surface area contributed by atoms with Crippen molar-refractivity contribution in [3.05, 3.63) is 53.9 Å². The van der Waals surface area contributed by atoms with Gasteiger partial charge in [-0.15, -0.1) is 0 Å². The Kier molecular flexibility index (Phi) is 3.99. The van der Waals surface area contributed by atoms with Gasteiger partial charge in [-0.1, -0.05) is 6.07 Å². The van der Waals surface area contributed by atoms with Crippen molar-refractivity contribution in [1.29, 1.82) is 5.26 Å². The minimum atomic E-state index is 0.600. The number of hydrogen-bond donors (Lipinski definition) is 1. The first kappa shape index (κ1) is 12.9. The molecule has 0 bridgehead atoms. The molecule has 0 aliphatic carbocycles. The fraction of sp³-hybridized carbons (Fsp3) is 0.200. The molecule has 2 N–H and O–H groups in total. The highest BCUT2D eigenvalue weighted by Gasteiger charge is 2.08. The fourth-order valence-corrected chi connectivity index (χ4v) is 1.92. The number of aromatic nitrogens is 1. The maximum absolute atomic E-state index is 9.13. The molecule has 96 valence electrons. The van der Waals surface area contributed by atoms with Crippen molar-refractivity contribution in [3.8, 4) is 6.07 Å². The second-order valence-electron chi connectivity index (χ2n) is 4.38. The highest BCUT2D eigenvalue weighted by molar-refractivity contribution is 5.64. The van der Waals surface area contributed by atoms with Crippen LogP contribution in [-0.4, -0.2) is 18.6 Å². The van der Waals surface area contributed by atoms with Crippen molar-refractivity contribution in [2.24, 2.45) is 0 Å². The summed E-state index contributed by atoms with van der Waals surface area (Å²) in [5.74, 6) is 0. The summed E-state index contributed by atoms with van der Waals surface area (Å²) in [7, 11) is 1.97. The van der Waals surface area contributed by atoms with Crippen LogP contribution in [0, 0.1) is 11.3 Å². The normalized spacial score (nSPS) is 9.89. The Labute approximate surface area is 113 Å². The zero-order chi connectivity index (χ0) is 13.7. The van der Waals surface area contributed by atoms with Crippen LogP contribution in [0.2, 0.25) is 0 Å². The monoisotopic (exact) mass is 252 g/mol. The van der Waals surface area contributed by atoms with Crippen LogP contribution in [0.25, 0.3) is 0 Å². The summed E-state index contributed by atoms with van der Waals surface area (Å²) in [6, 6.07) is 13.5. The number of nitrogens with two attached hydrogens (primary N) is 1. The van der Waals surface area contributed by atoms with Crippen LogP contribution >= 0.6 is 0 Å². The van der Waals surface area contributed by atoms with Gasteiger partial charge in [-0.25, -0.2) is 0 Å². The number of benzene rings is 1. The quantitative estimate of drug-likeness (QED) is 0.847. The average molecular weight is 252 g/mol. The first-order chi connectivity index (χ1) is 9.20. The molecule has 0 fully saturated rings. The number of nitrogen functional groups attached to an aromatic ring is 1. The van der Waals surface area contributed by atoms with Gasteiger partial charge in [0.15, 0.2) is 0 Å². The van der Waals surface area contributed by atoms with E-state index < -0.39 is 0 Å². The van der Waals surface area contributed by atoms with E-state index >= 15 is 0 Å². The van der Waals surface area contributed by atoms with Crippen molar-refractivity contribution < 1.29 is 0 Å². The molecule has 19 heavy (non-hydrogen) atoms. The Morgan fingerprint density at radius 1 is 1.32 bits per heavy atom. The van der Waals surface area contributed by atoms with E-state index in [0.29, 0.717) is 11.3 Å². The summed E-state index contributed by atoms with van der Waals surface area (Å²) in [5.41, 5.74) is 8.84. The lowest BCUT2D eigenvalue weighted by Crippen LogP contribution is -2.21. The molecule has 1 heterocycles. The van der Waals surface area contributed by atoms with E-state index in [1.54, 1.807) is 12.3 Å². The lowest BCUT2D eigenvalue weighted by atomic mass is 10.1. The molecule has 0 unspecified atom stereocenters. The zero-order valence-electron chi connectivity index (χ0n) is 10.9. The maximum atomic E-state index is 9.13. The molecule has 0 amide bonds. The van der Waals surface area contributed by atoms with Crippen LogP contribution < -0.4 is 10.6 Å². The molecule has 1 aromatic heterocycles. The minimum absolute atomic E-state index is 0.600. The maximum Gasteiger partial charge on any atom is 0.101 e. The summed E-state index contributed by atoms with van der Waals surface area (Å²) in [6.07, 6.45) is 2.63. The van der Waals surface area contributed by atoms with Gasteiger partial charge in [0.1, 0.15) is 6.07 Å². The van der Waals surface area contributed by atoms with Gasteiger partial charge >= 0.3 is 0 Å². The average Bonchev–Trinajstić information content (AvgIpc) is 2.45. The number of anilines is 2. The van der Waals surface area contributed by atoms with Crippen molar-refractivity contribution in [1.82, 2.24) is 4.98 Å². The highest BCUT2D eigenvalue weighted by atomic mass is 15.1. The van der Waals surface area contributed by atoms with Gasteiger partial charge in [0.05, 0.1) is 11.3 Å². The zero-order valence-corrected chi connectivity index (χ0v) is 10.9. The second-order valence-corrected chi connectivity index (χ2v) is 4.38. The molecule has 0 aliphatic heterocycles. The molecule has 1 aromatic carbocycles. The number of nitrogens with zero attached hydrogens (tertiary/aromatic N) is 3. The molecule has 0 saturated heterocycles. The van der Waals surface area contributed by atoms with E-state index in [1.807, 2.05) is 42.3 Å². The molecule has 4 nitrogen and oxygen atoms in total. The third-order valence-corrected chi connectivity index (χ3v) is 2.98. The molecule has 0 atom stereocenters. The van der Waals surface area contributed by atoms with Crippen LogP contribution in [0.15, 0.2) is 42.6 Å². The molecule has 0 radical (unpaired) electrons. The lowest BCUT2D eigenvalue weighted by molar-refractivity contribution is 0.851. The van der Waals surface area contributed by atoms with E-state index in [4.69, 9.17) is 11.0 Å². The summed E-state index contributed by atoms with van der Waals surface area (Å²) < 4.78 is 0. The van der Waals surface area contributed by atoms with Gasteiger partial charge < -0.3 is 10.6 Å². The lowest BCUT2D eigenvalue weighted by Gasteiger charge is -2.20. The second kappa shape index (κ2) is 5.87. The molecular weight excluding hydrogens is 236 g/mol. The predicted octanol–water partition coefficient (Wildman–Crippen LogP) is 2.21. The largest absolute Gasteiger partial charge is 0.399 e. The Bertz CT molecular complexity index is 587. The Hall–Kier alpha value is -2.54. The van der Waals surface area contributed by atoms with Crippen molar-refractivity contribution in [3.63, 3.8) is 0 Å². The number of pyridine rings is 1. The third kappa shape index (κ3) is 3.23. The van der Waals surface area contributed by atoms with E-state index in [0.717, 1.165) is 24.3 Å². The molecule has 2 aromatic rings. The van der Waals surface area contributed by atoms with Gasteiger partial charge in [-0.3, -0.25) is 4.98 Å². The Morgan fingerprint density at radius 2 is 2.16 bits per heavy atom. The summed E-state index contributed by atoms with van der Waals surface area (Å²) >= 11 is 0. The molecule has 0 spiro atoms. The SMILES string of the molecule is CN(CCc1ccccn1)c1ccc(N)cc1C#N. The fourth-order valence-electron chi connectivity index (χ4n) is 1.92. The van der Waals surface area contributed by atoms with Crippen molar-refractivity contribution >= 4 is 11.4 Å². The predicted molar refractivity (Wildman–Crippen MR) is 76.8 cm³/mol. The van der Waals surface area contributed by atoms with Crippen LogP contribution in [-0.2, 0) is 6.42 Å². The van der Waals surface area contributed by atoms with Crippen molar-refractivity contribution in [2.75, 3.05) is 24.2 Å². The minimum Gasteiger partial charge on any atom is -0.399 e. The number of likely N-dealkylation sites (N-methyl/N-ethyl adjacent to an activating group) is 1. The summed E-state index contributed by atoms with van der Waals surface area (Å²) in [5, 5.41) is 9.13. The number of nitriles is 1. The van der Waals surface area contributed by atoms with Gasteiger partial charge in [-0.2, -0.15) is 5.26 Å².